The van der Waals surface area contributed by atoms with Crippen molar-refractivity contribution in [2.24, 2.45) is 7.05 Å². The van der Waals surface area contributed by atoms with Gasteiger partial charge in [-0.1, -0.05) is 0 Å². The van der Waals surface area contributed by atoms with Crippen molar-refractivity contribution in [2.75, 3.05) is 0 Å². The predicted molar refractivity (Wildman–Crippen MR) is 68.7 cm³/mol. The molecule has 0 saturated carbocycles. The topological polar surface area (TPSA) is 59.4 Å². The number of aryl methyl sites for hydroxylation is 1. The normalized spacial score (nSPS) is 10.9. The molecule has 0 aliphatic heterocycles. The highest BCUT2D eigenvalue weighted by Gasteiger charge is 2.16. The molecular weight excluding hydrogens is 245 g/mol. The van der Waals surface area contributed by atoms with E-state index in [1.165, 1.54) is 12.1 Å². The second-order valence-corrected chi connectivity index (χ2v) is 4.28. The molecule has 1 aromatic carbocycles. The second-order valence-electron chi connectivity index (χ2n) is 4.28. The molecule has 0 aliphatic rings. The fourth-order valence-corrected chi connectivity index (χ4v) is 1.94. The van der Waals surface area contributed by atoms with Gasteiger partial charge in [-0.15, -0.1) is 0 Å². The zero-order chi connectivity index (χ0) is 13.4. The second kappa shape index (κ2) is 4.31. The van der Waals surface area contributed by atoms with Crippen LogP contribution >= 0.6 is 0 Å². The molecule has 6 heteroatoms. The summed E-state index contributed by atoms with van der Waals surface area (Å²) in [5, 5.41) is 10.9. The number of imidazole rings is 1. The average Bonchev–Trinajstić information content (AvgIpc) is 2.99. The molecule has 5 nitrogen and oxygen atoms in total. The third kappa shape index (κ3) is 1.91. The maximum Gasteiger partial charge on any atom is 0.138 e. The number of rotatable bonds is 2. The van der Waals surface area contributed by atoms with E-state index in [1.807, 2.05) is 18.5 Å². The fourth-order valence-electron chi connectivity index (χ4n) is 1.94. The molecule has 0 fully saturated rings. The Hall–Kier alpha value is -2.50. The van der Waals surface area contributed by atoms with Gasteiger partial charge in [-0.3, -0.25) is 0 Å². The van der Waals surface area contributed by atoms with E-state index in [1.54, 1.807) is 18.3 Å². The largest absolute Gasteiger partial charge is 0.330 e. The van der Waals surface area contributed by atoms with E-state index >= 15 is 0 Å². The maximum atomic E-state index is 13.0. The highest BCUT2D eigenvalue weighted by molar-refractivity contribution is 5.75. The number of aromatic amines is 1. The number of aromatic nitrogens is 5. The molecule has 96 valence electrons. The van der Waals surface area contributed by atoms with Crippen LogP contribution in [0.15, 0.2) is 30.5 Å². The number of nitrogens with one attached hydrogen (secondary N) is 1. The van der Waals surface area contributed by atoms with E-state index in [0.29, 0.717) is 11.4 Å². The summed E-state index contributed by atoms with van der Waals surface area (Å²) in [6.45, 7) is 1.92. The first-order valence-corrected chi connectivity index (χ1v) is 5.82. The first kappa shape index (κ1) is 11.6. The van der Waals surface area contributed by atoms with E-state index < -0.39 is 0 Å². The number of halogens is 1. The molecule has 0 saturated heterocycles. The first-order chi connectivity index (χ1) is 9.16. The molecule has 0 unspecified atom stereocenters. The number of benzene rings is 1. The van der Waals surface area contributed by atoms with Crippen molar-refractivity contribution in [3.63, 3.8) is 0 Å². The summed E-state index contributed by atoms with van der Waals surface area (Å²) < 4.78 is 14.9. The first-order valence-electron chi connectivity index (χ1n) is 5.82. The summed E-state index contributed by atoms with van der Waals surface area (Å²) in [5.74, 6) is 0.619. The van der Waals surface area contributed by atoms with Gasteiger partial charge in [0, 0.05) is 12.6 Å². The Kier molecular flexibility index (Phi) is 2.63. The smallest absolute Gasteiger partial charge is 0.138 e. The minimum absolute atomic E-state index is 0.273. The van der Waals surface area contributed by atoms with Crippen LogP contribution in [0.4, 0.5) is 4.39 Å². The molecule has 2 aromatic heterocycles. The minimum atomic E-state index is -0.273. The van der Waals surface area contributed by atoms with Gasteiger partial charge in [0.25, 0.3) is 0 Å². The van der Waals surface area contributed by atoms with Gasteiger partial charge in [0.05, 0.1) is 11.9 Å². The molecule has 0 amide bonds. The number of nitrogens with zero attached hydrogens (tertiary/aromatic N) is 4. The number of H-pyrrole nitrogens is 1. The van der Waals surface area contributed by atoms with E-state index in [9.17, 15) is 4.39 Å². The van der Waals surface area contributed by atoms with Gasteiger partial charge in [-0.25, -0.2) is 9.37 Å². The number of hydrogen-bond acceptors (Lipinski definition) is 3. The van der Waals surface area contributed by atoms with Gasteiger partial charge < -0.3 is 4.57 Å². The van der Waals surface area contributed by atoms with Gasteiger partial charge in [0.1, 0.15) is 23.0 Å². The van der Waals surface area contributed by atoms with E-state index in [4.69, 9.17) is 0 Å². The molecule has 0 spiro atoms. The zero-order valence-corrected chi connectivity index (χ0v) is 10.6. The van der Waals surface area contributed by atoms with Crippen molar-refractivity contribution in [1.82, 2.24) is 25.0 Å². The molecule has 2 heterocycles. The number of hydrogen-bond donors (Lipinski definition) is 1. The average molecular weight is 257 g/mol. The van der Waals surface area contributed by atoms with Crippen LogP contribution in [0.5, 0.6) is 0 Å². The summed E-state index contributed by atoms with van der Waals surface area (Å²) in [6, 6.07) is 6.17. The van der Waals surface area contributed by atoms with E-state index in [2.05, 4.69) is 20.4 Å². The minimum Gasteiger partial charge on any atom is -0.330 e. The van der Waals surface area contributed by atoms with Crippen molar-refractivity contribution in [3.8, 4) is 22.6 Å². The Morgan fingerprint density at radius 3 is 2.42 bits per heavy atom. The Labute approximate surface area is 109 Å². The molecule has 0 radical (unpaired) electrons. The van der Waals surface area contributed by atoms with Crippen LogP contribution in [0.3, 0.4) is 0 Å². The highest BCUT2D eigenvalue weighted by Crippen LogP contribution is 2.28. The zero-order valence-electron chi connectivity index (χ0n) is 10.6. The molecule has 0 bridgehead atoms. The molecular formula is C13H12FN5. The molecule has 3 aromatic rings. The lowest BCUT2D eigenvalue weighted by atomic mass is 10.1. The molecule has 3 rings (SSSR count). The molecule has 0 aliphatic carbocycles. The van der Waals surface area contributed by atoms with Crippen LogP contribution in [-0.4, -0.2) is 25.0 Å². The highest BCUT2D eigenvalue weighted by atomic mass is 19.1. The van der Waals surface area contributed by atoms with Crippen LogP contribution in [0.1, 0.15) is 5.82 Å². The Morgan fingerprint density at radius 2 is 1.79 bits per heavy atom. The third-order valence-electron chi connectivity index (χ3n) is 3.13. The summed E-state index contributed by atoms with van der Waals surface area (Å²) in [4.78, 5) is 4.24. The van der Waals surface area contributed by atoms with Gasteiger partial charge in [-0.2, -0.15) is 15.4 Å². The van der Waals surface area contributed by atoms with Crippen molar-refractivity contribution in [2.45, 2.75) is 6.92 Å². The van der Waals surface area contributed by atoms with Crippen LogP contribution < -0.4 is 0 Å². The quantitative estimate of drug-likeness (QED) is 0.766. The molecule has 19 heavy (non-hydrogen) atoms. The van der Waals surface area contributed by atoms with E-state index in [0.717, 1.165) is 17.1 Å². The van der Waals surface area contributed by atoms with Gasteiger partial charge >= 0.3 is 0 Å². The van der Waals surface area contributed by atoms with Gasteiger partial charge in [0.15, 0.2) is 0 Å². The lowest BCUT2D eigenvalue weighted by Crippen LogP contribution is -1.95. The van der Waals surface area contributed by atoms with Crippen molar-refractivity contribution in [3.05, 3.63) is 42.1 Å². The molecule has 1 N–H and O–H groups in total. The van der Waals surface area contributed by atoms with Crippen LogP contribution in [0.2, 0.25) is 0 Å². The van der Waals surface area contributed by atoms with Gasteiger partial charge in [-0.05, 0) is 31.2 Å². The van der Waals surface area contributed by atoms with Crippen LogP contribution in [0.25, 0.3) is 22.6 Å². The van der Waals surface area contributed by atoms with Gasteiger partial charge in [0.2, 0.25) is 0 Å². The Bertz CT molecular complexity index is 711. The van der Waals surface area contributed by atoms with Crippen LogP contribution in [-0.2, 0) is 7.05 Å². The third-order valence-corrected chi connectivity index (χ3v) is 3.13. The lowest BCUT2D eigenvalue weighted by molar-refractivity contribution is 0.628. The molecule has 0 atom stereocenters. The van der Waals surface area contributed by atoms with Crippen molar-refractivity contribution >= 4 is 0 Å². The standard InChI is InChI=1S/C13H12FN5/c1-8-15-7-11(19(8)2)13-12(16-18-17-13)9-3-5-10(14)6-4-9/h3-7H,1-2H3,(H,16,17,18). The SMILES string of the molecule is Cc1ncc(-c2n[nH]nc2-c2ccc(F)cc2)n1C. The van der Waals surface area contributed by atoms with Crippen molar-refractivity contribution < 1.29 is 4.39 Å². The summed E-state index contributed by atoms with van der Waals surface area (Å²) in [6.07, 6.45) is 1.75. The summed E-state index contributed by atoms with van der Waals surface area (Å²) in [7, 11) is 1.92. The predicted octanol–water partition coefficient (Wildman–Crippen LogP) is 2.32. The monoisotopic (exact) mass is 257 g/mol. The maximum absolute atomic E-state index is 13.0. The summed E-state index contributed by atoms with van der Waals surface area (Å²) in [5.41, 5.74) is 3.06. The summed E-state index contributed by atoms with van der Waals surface area (Å²) >= 11 is 0. The van der Waals surface area contributed by atoms with E-state index in [-0.39, 0.29) is 5.82 Å². The lowest BCUT2D eigenvalue weighted by Gasteiger charge is -2.03. The fraction of sp³-hybridized carbons (Fsp3) is 0.154. The Morgan fingerprint density at radius 1 is 1.11 bits per heavy atom. The van der Waals surface area contributed by atoms with Crippen molar-refractivity contribution in [1.29, 1.82) is 0 Å². The van der Waals surface area contributed by atoms with Crippen LogP contribution in [0, 0.1) is 12.7 Å². The Balaban J connectivity index is 2.13.